The second-order valence-corrected chi connectivity index (χ2v) is 7.04. The fourth-order valence-corrected chi connectivity index (χ4v) is 3.47. The number of likely N-dealkylation sites (N-methyl/N-ethyl adjacent to an activating group) is 1. The summed E-state index contributed by atoms with van der Waals surface area (Å²) in [5, 5.41) is 3.80. The first-order valence-corrected chi connectivity index (χ1v) is 8.97. The highest BCUT2D eigenvalue weighted by Gasteiger charge is 2.22. The van der Waals surface area contributed by atoms with Crippen LogP contribution in [0.25, 0.3) is 10.9 Å². The lowest BCUT2D eigenvalue weighted by molar-refractivity contribution is -0.132. The highest BCUT2D eigenvalue weighted by molar-refractivity contribution is 9.10. The molecule has 1 fully saturated rings. The van der Waals surface area contributed by atoms with E-state index in [0.717, 1.165) is 30.4 Å². The van der Waals surface area contributed by atoms with Crippen molar-refractivity contribution in [2.24, 2.45) is 0 Å². The van der Waals surface area contributed by atoms with Gasteiger partial charge < -0.3 is 10.2 Å². The molecule has 0 spiro atoms. The zero-order chi connectivity index (χ0) is 17.1. The van der Waals surface area contributed by atoms with E-state index < -0.39 is 0 Å². The molecule has 2 aromatic rings. The quantitative estimate of drug-likeness (QED) is 0.809. The number of nitrogens with one attached hydrogen (secondary N) is 1. The molecule has 3 rings (SSSR count). The Kier molecular flexibility index (Phi) is 6.98. The lowest BCUT2D eigenvalue weighted by Gasteiger charge is -2.32. The molecule has 1 saturated heterocycles. The normalized spacial score (nSPS) is 17.4. The summed E-state index contributed by atoms with van der Waals surface area (Å²) in [5.74, 6) is 0.0937. The fourth-order valence-electron chi connectivity index (χ4n) is 3.10. The van der Waals surface area contributed by atoms with E-state index >= 15 is 0 Å². The van der Waals surface area contributed by atoms with E-state index in [1.807, 2.05) is 24.1 Å². The smallest absolute Gasteiger partial charge is 0.261 e. The Labute approximate surface area is 161 Å². The number of aromatic nitrogens is 2. The van der Waals surface area contributed by atoms with Gasteiger partial charge in [0.05, 0.1) is 17.2 Å². The molecule has 1 aromatic carbocycles. The second kappa shape index (κ2) is 8.78. The van der Waals surface area contributed by atoms with Crippen LogP contribution in [-0.2, 0) is 11.3 Å². The van der Waals surface area contributed by atoms with Gasteiger partial charge >= 0.3 is 0 Å². The topological polar surface area (TPSA) is 67.2 Å². The van der Waals surface area contributed by atoms with Crippen molar-refractivity contribution in [1.29, 1.82) is 0 Å². The van der Waals surface area contributed by atoms with Crippen molar-refractivity contribution in [3.05, 3.63) is 39.4 Å². The number of nitrogens with zero attached hydrogens (tertiary/aromatic N) is 3. The highest BCUT2D eigenvalue weighted by Crippen LogP contribution is 2.15. The van der Waals surface area contributed by atoms with Gasteiger partial charge in [-0.3, -0.25) is 14.2 Å². The number of hydrogen-bond donors (Lipinski definition) is 1. The number of rotatable bonds is 4. The fraction of sp³-hybridized carbons (Fsp3) is 0.471. The van der Waals surface area contributed by atoms with Crippen LogP contribution in [-0.4, -0.2) is 46.5 Å². The van der Waals surface area contributed by atoms with Gasteiger partial charge in [0, 0.05) is 36.6 Å². The van der Waals surface area contributed by atoms with Gasteiger partial charge in [-0.05, 0) is 38.1 Å². The maximum Gasteiger partial charge on any atom is 0.261 e. The molecule has 8 heteroatoms. The van der Waals surface area contributed by atoms with Crippen LogP contribution in [0.1, 0.15) is 19.3 Å². The van der Waals surface area contributed by atoms with Gasteiger partial charge in [0.1, 0.15) is 0 Å². The summed E-state index contributed by atoms with van der Waals surface area (Å²) < 4.78 is 2.36. The Bertz CT molecular complexity index is 811. The zero-order valence-electron chi connectivity index (χ0n) is 14.1. The van der Waals surface area contributed by atoms with Crippen LogP contribution < -0.4 is 10.9 Å². The van der Waals surface area contributed by atoms with Crippen molar-refractivity contribution in [3.8, 4) is 0 Å². The minimum atomic E-state index is -0.110. The van der Waals surface area contributed by atoms with E-state index in [9.17, 15) is 9.59 Å². The zero-order valence-corrected chi connectivity index (χ0v) is 16.5. The van der Waals surface area contributed by atoms with Crippen LogP contribution in [0.2, 0.25) is 0 Å². The number of piperidine rings is 1. The maximum absolute atomic E-state index is 12.5. The molecule has 1 aliphatic heterocycles. The molecule has 0 saturated carbocycles. The first kappa shape index (κ1) is 19.9. The molecule has 6 nitrogen and oxygen atoms in total. The summed E-state index contributed by atoms with van der Waals surface area (Å²) in [6, 6.07) is 5.80. The number of fused-ring (bicyclic) bond motifs is 1. The lowest BCUT2D eigenvalue weighted by Crippen LogP contribution is -2.47. The van der Waals surface area contributed by atoms with Gasteiger partial charge in [-0.15, -0.1) is 12.4 Å². The number of aryl methyl sites for hydroxylation is 1. The van der Waals surface area contributed by atoms with Crippen molar-refractivity contribution >= 4 is 45.1 Å². The molecule has 1 aliphatic rings. The van der Waals surface area contributed by atoms with E-state index in [1.54, 1.807) is 6.07 Å². The minimum absolute atomic E-state index is 0. The van der Waals surface area contributed by atoms with E-state index in [1.165, 1.54) is 10.9 Å². The average molecular weight is 430 g/mol. The van der Waals surface area contributed by atoms with Crippen molar-refractivity contribution in [1.82, 2.24) is 19.8 Å². The van der Waals surface area contributed by atoms with E-state index in [-0.39, 0.29) is 23.9 Å². The standard InChI is InChI=1S/C17H21BrN4O2.ClH/c1-19-13-3-2-7-21(10-13)16(23)6-8-22-11-20-15-5-4-12(18)9-14(15)17(22)24;/h4-5,9,11,13,19H,2-3,6-8,10H2,1H3;1H. The second-order valence-electron chi connectivity index (χ2n) is 6.12. The van der Waals surface area contributed by atoms with Gasteiger partial charge in [0.15, 0.2) is 0 Å². The Morgan fingerprint density at radius 3 is 3.00 bits per heavy atom. The largest absolute Gasteiger partial charge is 0.341 e. The molecule has 136 valence electrons. The van der Waals surface area contributed by atoms with Crippen LogP contribution in [0.15, 0.2) is 33.8 Å². The molecule has 2 heterocycles. The summed E-state index contributed by atoms with van der Waals surface area (Å²) in [6.07, 6.45) is 3.96. The van der Waals surface area contributed by atoms with Crippen LogP contribution in [0.4, 0.5) is 0 Å². The van der Waals surface area contributed by atoms with Gasteiger partial charge in [-0.2, -0.15) is 0 Å². The Morgan fingerprint density at radius 1 is 1.44 bits per heavy atom. The first-order valence-electron chi connectivity index (χ1n) is 8.18. The minimum Gasteiger partial charge on any atom is -0.341 e. The van der Waals surface area contributed by atoms with E-state index in [4.69, 9.17) is 0 Å². The monoisotopic (exact) mass is 428 g/mol. The number of hydrogen-bond acceptors (Lipinski definition) is 4. The third-order valence-electron chi connectivity index (χ3n) is 4.53. The first-order chi connectivity index (χ1) is 11.6. The summed E-state index contributed by atoms with van der Waals surface area (Å²) in [4.78, 5) is 31.1. The predicted molar refractivity (Wildman–Crippen MR) is 104 cm³/mol. The average Bonchev–Trinajstić information content (AvgIpc) is 2.61. The molecular formula is C17H22BrClN4O2. The third kappa shape index (κ3) is 4.59. The third-order valence-corrected chi connectivity index (χ3v) is 5.03. The number of benzene rings is 1. The molecule has 1 amide bonds. The highest BCUT2D eigenvalue weighted by atomic mass is 79.9. The van der Waals surface area contributed by atoms with Crippen LogP contribution in [0.3, 0.4) is 0 Å². The van der Waals surface area contributed by atoms with Gasteiger partial charge in [-0.25, -0.2) is 4.98 Å². The number of likely N-dealkylation sites (tertiary alicyclic amines) is 1. The number of carbonyl (C=O) groups is 1. The molecule has 0 radical (unpaired) electrons. The van der Waals surface area contributed by atoms with Gasteiger partial charge in [0.25, 0.3) is 5.56 Å². The van der Waals surface area contributed by atoms with E-state index in [0.29, 0.717) is 29.9 Å². The van der Waals surface area contributed by atoms with Crippen molar-refractivity contribution < 1.29 is 4.79 Å². The summed E-state index contributed by atoms with van der Waals surface area (Å²) in [7, 11) is 1.93. The van der Waals surface area contributed by atoms with Crippen molar-refractivity contribution in [3.63, 3.8) is 0 Å². The predicted octanol–water partition coefficient (Wildman–Crippen LogP) is 2.18. The molecule has 0 aliphatic carbocycles. The van der Waals surface area contributed by atoms with Crippen molar-refractivity contribution in [2.75, 3.05) is 20.1 Å². The number of amides is 1. The van der Waals surface area contributed by atoms with E-state index in [2.05, 4.69) is 26.2 Å². The summed E-state index contributed by atoms with van der Waals surface area (Å²) in [6.45, 7) is 1.90. The SMILES string of the molecule is CNC1CCCN(C(=O)CCn2cnc3ccc(Br)cc3c2=O)C1.Cl. The van der Waals surface area contributed by atoms with Gasteiger partial charge in [-0.1, -0.05) is 15.9 Å². The molecule has 0 bridgehead atoms. The Hall–Kier alpha value is -1.44. The van der Waals surface area contributed by atoms with Crippen LogP contribution in [0.5, 0.6) is 0 Å². The molecule has 1 atom stereocenters. The Morgan fingerprint density at radius 2 is 2.24 bits per heavy atom. The Balaban J connectivity index is 0.00000225. The molecule has 1 N–H and O–H groups in total. The van der Waals surface area contributed by atoms with Gasteiger partial charge in [0.2, 0.25) is 5.91 Å². The number of carbonyl (C=O) groups excluding carboxylic acids is 1. The van der Waals surface area contributed by atoms with Crippen LogP contribution >= 0.6 is 28.3 Å². The number of halogens is 2. The summed E-state index contributed by atoms with van der Waals surface area (Å²) >= 11 is 3.38. The lowest BCUT2D eigenvalue weighted by atomic mass is 10.1. The van der Waals surface area contributed by atoms with Crippen LogP contribution in [0, 0.1) is 0 Å². The maximum atomic E-state index is 12.5. The molecular weight excluding hydrogens is 408 g/mol. The van der Waals surface area contributed by atoms with Crippen molar-refractivity contribution in [2.45, 2.75) is 31.8 Å². The molecule has 25 heavy (non-hydrogen) atoms. The molecule has 1 unspecified atom stereocenters. The summed E-state index contributed by atoms with van der Waals surface area (Å²) in [5.41, 5.74) is 0.555. The molecule has 1 aromatic heterocycles.